The molecule has 2 unspecified atom stereocenters. The van der Waals surface area contributed by atoms with E-state index < -0.39 is 12.2 Å². The van der Waals surface area contributed by atoms with Gasteiger partial charge in [-0.05, 0) is 90.7 Å². The summed E-state index contributed by atoms with van der Waals surface area (Å²) in [5.74, 6) is 4.16. The van der Waals surface area contributed by atoms with Gasteiger partial charge in [-0.15, -0.1) is 0 Å². The summed E-state index contributed by atoms with van der Waals surface area (Å²) in [5, 5.41) is 27.6. The second kappa shape index (κ2) is 30.2. The van der Waals surface area contributed by atoms with E-state index in [2.05, 4.69) is 45.8 Å². The number of hydrogen-bond donors (Lipinski definition) is 7. The molecule has 0 saturated carbocycles. The Morgan fingerprint density at radius 3 is 1.64 bits per heavy atom. The molecule has 3 saturated heterocycles. The van der Waals surface area contributed by atoms with E-state index in [0.717, 1.165) is 67.6 Å². The molecule has 0 aliphatic carbocycles. The molecule has 364 valence electrons. The minimum Gasteiger partial charge on any atom is -0.491 e. The molecule has 67 heavy (non-hydrogen) atoms. The van der Waals surface area contributed by atoms with Gasteiger partial charge in [0.1, 0.15) is 60.1 Å². The third-order valence-electron chi connectivity index (χ3n) is 10.3. The normalized spacial score (nSPS) is 14.6. The lowest BCUT2D eigenvalue weighted by Crippen LogP contribution is -2.29. The van der Waals surface area contributed by atoms with Gasteiger partial charge in [0, 0.05) is 94.3 Å². The fraction of sp³-hybridized carbons (Fsp3) is 0.479. The molecule has 6 heterocycles. The highest BCUT2D eigenvalue weighted by Gasteiger charge is 2.20. The number of benzene rings is 2. The highest BCUT2D eigenvalue weighted by Crippen LogP contribution is 2.30. The van der Waals surface area contributed by atoms with Gasteiger partial charge in [0.2, 0.25) is 6.41 Å². The van der Waals surface area contributed by atoms with Crippen LogP contribution in [0.3, 0.4) is 0 Å². The SMILES string of the molecule is C1CCOC1.C1CCOC1.CNC=O.CNCC(O)COc1cccc(-c2nc(N)c(C)c(-c3cnccn3)n2)c1.CNCC(O)COc1cccc(-c2nc(N)c(C)c(N3CCCC3)n2)c1. The number of nitrogens with zero attached hydrogens (tertiary/aromatic N) is 7. The van der Waals surface area contributed by atoms with E-state index in [1.54, 1.807) is 39.7 Å². The van der Waals surface area contributed by atoms with Crippen LogP contribution in [-0.2, 0) is 14.3 Å². The number of nitrogen functional groups attached to an aromatic ring is 2. The van der Waals surface area contributed by atoms with Crippen LogP contribution in [0.5, 0.6) is 11.5 Å². The van der Waals surface area contributed by atoms with E-state index in [9.17, 15) is 10.2 Å². The number of aliphatic hydroxyl groups is 2. The molecule has 1 amide bonds. The number of anilines is 3. The first kappa shape index (κ1) is 53.5. The first-order chi connectivity index (χ1) is 32.6. The van der Waals surface area contributed by atoms with Crippen LogP contribution in [-0.4, -0.2) is 146 Å². The summed E-state index contributed by atoms with van der Waals surface area (Å²) < 4.78 is 21.2. The minimum atomic E-state index is -0.590. The van der Waals surface area contributed by atoms with Crippen molar-refractivity contribution in [1.82, 2.24) is 45.9 Å². The van der Waals surface area contributed by atoms with Gasteiger partial charge in [-0.25, -0.2) is 19.9 Å². The van der Waals surface area contributed by atoms with Crippen molar-refractivity contribution in [1.29, 1.82) is 0 Å². The average Bonchev–Trinajstić information content (AvgIpc) is 4.21. The Balaban J connectivity index is 0.000000226. The highest BCUT2D eigenvalue weighted by molar-refractivity contribution is 5.69. The standard InChI is InChI=1S/C19H22N6O2.C19H27N5O2.2C4H8O.C2H5NO/c1-12-17(16-10-22-6-7-23-16)24-19(25-18(12)20)13-4-3-5-15(8-13)27-11-14(26)9-21-2;1-13-17(20)22-18(23-19(13)24-8-3-4-9-24)14-6-5-7-16(10-14)26-12-15(25)11-21-2;2*1-2-4-5-3-1;1-3-2-4/h3-8,10,14,21,26H,9,11H2,1-2H3,(H2,20,24,25);5-7,10,15,21,25H,3-4,8-9,11-12H2,1-2H3,(H2,20,22,23);2*1-4H2;2H,1H3,(H,3,4). The van der Waals surface area contributed by atoms with Gasteiger partial charge < -0.3 is 61.5 Å². The molecule has 2 atom stereocenters. The van der Waals surface area contributed by atoms with Crippen LogP contribution in [0.2, 0.25) is 0 Å². The summed E-state index contributed by atoms with van der Waals surface area (Å²) in [6, 6.07) is 14.9. The largest absolute Gasteiger partial charge is 0.491 e. The van der Waals surface area contributed by atoms with E-state index in [-0.39, 0.29) is 13.2 Å². The van der Waals surface area contributed by atoms with Crippen molar-refractivity contribution in [2.45, 2.75) is 64.6 Å². The molecule has 3 aliphatic heterocycles. The lowest BCUT2D eigenvalue weighted by atomic mass is 10.1. The second-order valence-corrected chi connectivity index (χ2v) is 15.7. The Labute approximate surface area is 394 Å². The zero-order chi connectivity index (χ0) is 48.2. The number of amides is 1. The number of carbonyl (C=O) groups excluding carboxylic acids is 1. The number of rotatable bonds is 15. The molecule has 2 aromatic carbocycles. The molecule has 3 fully saturated rings. The highest BCUT2D eigenvalue weighted by atomic mass is 16.5. The van der Waals surface area contributed by atoms with Gasteiger partial charge in [-0.3, -0.25) is 14.8 Å². The molecule has 5 aromatic rings. The summed E-state index contributed by atoms with van der Waals surface area (Å²) in [4.78, 5) is 38.0. The van der Waals surface area contributed by atoms with E-state index in [4.69, 9.17) is 40.2 Å². The molecule has 0 radical (unpaired) electrons. The molecule has 9 N–H and O–H groups in total. The lowest BCUT2D eigenvalue weighted by Gasteiger charge is -2.20. The molecule has 3 aliphatic rings. The fourth-order valence-corrected chi connectivity index (χ4v) is 6.67. The molecule has 3 aromatic heterocycles. The number of aromatic nitrogens is 6. The zero-order valence-electron chi connectivity index (χ0n) is 39.6. The van der Waals surface area contributed by atoms with Crippen LogP contribution in [0.25, 0.3) is 34.2 Å². The maximum atomic E-state index is 9.79. The van der Waals surface area contributed by atoms with Crippen LogP contribution in [0, 0.1) is 13.8 Å². The van der Waals surface area contributed by atoms with Crippen molar-refractivity contribution in [3.63, 3.8) is 0 Å². The molecule has 19 nitrogen and oxygen atoms in total. The van der Waals surface area contributed by atoms with E-state index >= 15 is 0 Å². The summed E-state index contributed by atoms with van der Waals surface area (Å²) in [5.41, 5.74) is 16.8. The zero-order valence-corrected chi connectivity index (χ0v) is 39.6. The number of carbonyl (C=O) groups is 1. The summed E-state index contributed by atoms with van der Waals surface area (Å²) in [7, 11) is 5.13. The topological polar surface area (TPSA) is 263 Å². The van der Waals surface area contributed by atoms with E-state index in [1.807, 2.05) is 62.4 Å². The Kier molecular flexibility index (Phi) is 24.2. The summed E-state index contributed by atoms with van der Waals surface area (Å²) in [6.07, 6.45) is 11.8. The Morgan fingerprint density at radius 1 is 0.716 bits per heavy atom. The van der Waals surface area contributed by atoms with Crippen molar-refractivity contribution in [2.24, 2.45) is 0 Å². The smallest absolute Gasteiger partial charge is 0.206 e. The fourth-order valence-electron chi connectivity index (χ4n) is 6.67. The van der Waals surface area contributed by atoms with Crippen molar-refractivity contribution in [3.05, 3.63) is 78.2 Å². The molecule has 19 heteroatoms. The monoisotopic (exact) mass is 927 g/mol. The number of likely N-dealkylation sites (N-methyl/N-ethyl adjacent to an activating group) is 2. The molecule has 0 bridgehead atoms. The Hall–Kier alpha value is -6.09. The van der Waals surface area contributed by atoms with Gasteiger partial charge in [0.05, 0.1) is 11.9 Å². The molecular weight excluding hydrogens is 857 g/mol. The summed E-state index contributed by atoms with van der Waals surface area (Å²) in [6.45, 7) is 11.2. The quantitative estimate of drug-likeness (QED) is 0.0732. The summed E-state index contributed by atoms with van der Waals surface area (Å²) >= 11 is 0. The van der Waals surface area contributed by atoms with Crippen LogP contribution in [0.15, 0.2) is 67.1 Å². The van der Waals surface area contributed by atoms with Gasteiger partial charge in [-0.1, -0.05) is 24.3 Å². The minimum absolute atomic E-state index is 0.187. The average molecular weight is 927 g/mol. The van der Waals surface area contributed by atoms with Crippen molar-refractivity contribution < 1.29 is 34.0 Å². The van der Waals surface area contributed by atoms with Gasteiger partial charge in [-0.2, -0.15) is 0 Å². The van der Waals surface area contributed by atoms with Crippen LogP contribution in [0.1, 0.15) is 49.7 Å². The van der Waals surface area contributed by atoms with E-state index in [1.165, 1.54) is 38.5 Å². The van der Waals surface area contributed by atoms with Crippen LogP contribution >= 0.6 is 0 Å². The van der Waals surface area contributed by atoms with Gasteiger partial charge >= 0.3 is 0 Å². The Bertz CT molecular complexity index is 2150. The Morgan fingerprint density at radius 2 is 1.21 bits per heavy atom. The lowest BCUT2D eigenvalue weighted by molar-refractivity contribution is -0.109. The third-order valence-corrected chi connectivity index (χ3v) is 10.3. The maximum absolute atomic E-state index is 9.79. The first-order valence-corrected chi connectivity index (χ1v) is 22.8. The third kappa shape index (κ3) is 18.6. The van der Waals surface area contributed by atoms with Crippen molar-refractivity contribution >= 4 is 23.9 Å². The second-order valence-electron chi connectivity index (χ2n) is 15.7. The number of nitrogens with one attached hydrogen (secondary N) is 3. The maximum Gasteiger partial charge on any atom is 0.206 e. The predicted octanol–water partition coefficient (Wildman–Crippen LogP) is 4.00. The number of aliphatic hydroxyl groups excluding tert-OH is 2. The number of ether oxygens (including phenoxy) is 4. The molecular formula is C48H70N12O7. The first-order valence-electron chi connectivity index (χ1n) is 22.8. The van der Waals surface area contributed by atoms with E-state index in [0.29, 0.717) is 65.7 Å². The van der Waals surface area contributed by atoms with Crippen LogP contribution in [0.4, 0.5) is 17.5 Å². The van der Waals surface area contributed by atoms with Gasteiger partial charge in [0.15, 0.2) is 11.6 Å². The number of hydrogen-bond acceptors (Lipinski definition) is 18. The predicted molar refractivity (Wildman–Crippen MR) is 262 cm³/mol. The molecule has 0 spiro atoms. The molecule has 8 rings (SSSR count). The van der Waals surface area contributed by atoms with Crippen molar-refractivity contribution in [2.75, 3.05) is 103 Å². The van der Waals surface area contributed by atoms with Crippen LogP contribution < -0.4 is 41.8 Å². The van der Waals surface area contributed by atoms with Gasteiger partial charge in [0.25, 0.3) is 0 Å². The van der Waals surface area contributed by atoms with Crippen molar-refractivity contribution in [3.8, 4) is 45.7 Å². The number of nitrogens with two attached hydrogens (primary N) is 2.